The first kappa shape index (κ1) is 9.24. The molecule has 1 aliphatic carbocycles. The molecule has 14 heavy (non-hydrogen) atoms. The molecular formula is C10H16N4. The van der Waals surface area contributed by atoms with Crippen LogP contribution in [-0.2, 0) is 0 Å². The summed E-state index contributed by atoms with van der Waals surface area (Å²) in [6.45, 7) is 1.99. The second-order valence-corrected chi connectivity index (χ2v) is 3.94. The fourth-order valence-corrected chi connectivity index (χ4v) is 2.20. The Morgan fingerprint density at radius 3 is 2.71 bits per heavy atom. The number of amidine groups is 1. The molecule has 0 aromatic carbocycles. The van der Waals surface area contributed by atoms with Crippen LogP contribution in [-0.4, -0.2) is 15.6 Å². The minimum atomic E-state index is 0.117. The van der Waals surface area contributed by atoms with E-state index in [4.69, 9.17) is 11.1 Å². The monoisotopic (exact) mass is 192 g/mol. The summed E-state index contributed by atoms with van der Waals surface area (Å²) in [7, 11) is 0. The van der Waals surface area contributed by atoms with Crippen LogP contribution in [0.3, 0.4) is 0 Å². The van der Waals surface area contributed by atoms with Crippen LogP contribution < -0.4 is 5.73 Å². The third kappa shape index (κ3) is 1.41. The number of nitrogens with two attached hydrogens (primary N) is 1. The Morgan fingerprint density at radius 1 is 1.57 bits per heavy atom. The number of nitrogens with zero attached hydrogens (tertiary/aromatic N) is 2. The van der Waals surface area contributed by atoms with Crippen LogP contribution in [0.5, 0.6) is 0 Å². The van der Waals surface area contributed by atoms with Crippen LogP contribution in [0.15, 0.2) is 6.20 Å². The van der Waals surface area contributed by atoms with Crippen molar-refractivity contribution in [2.24, 2.45) is 5.73 Å². The molecule has 4 nitrogen and oxygen atoms in total. The molecule has 1 aromatic rings. The quantitative estimate of drug-likeness (QED) is 0.552. The van der Waals surface area contributed by atoms with Gasteiger partial charge in [-0.25, -0.2) is 0 Å². The molecule has 1 heterocycles. The molecule has 0 amide bonds. The summed E-state index contributed by atoms with van der Waals surface area (Å²) in [5.41, 5.74) is 7.26. The highest BCUT2D eigenvalue weighted by atomic mass is 15.3. The number of nitrogens with one attached hydrogen (secondary N) is 1. The molecule has 1 aromatic heterocycles. The van der Waals surface area contributed by atoms with Crippen LogP contribution in [0.4, 0.5) is 0 Å². The van der Waals surface area contributed by atoms with E-state index >= 15 is 0 Å². The van der Waals surface area contributed by atoms with Crippen molar-refractivity contribution in [3.63, 3.8) is 0 Å². The summed E-state index contributed by atoms with van der Waals surface area (Å²) >= 11 is 0. The van der Waals surface area contributed by atoms with Gasteiger partial charge in [-0.2, -0.15) is 5.10 Å². The maximum atomic E-state index is 7.38. The van der Waals surface area contributed by atoms with E-state index in [0.29, 0.717) is 6.04 Å². The lowest BCUT2D eigenvalue weighted by Gasteiger charge is -2.12. The number of aromatic nitrogens is 2. The van der Waals surface area contributed by atoms with Crippen LogP contribution in [0.2, 0.25) is 0 Å². The Bertz CT molecular complexity index is 347. The molecule has 0 radical (unpaired) electrons. The largest absolute Gasteiger partial charge is 0.384 e. The van der Waals surface area contributed by atoms with Gasteiger partial charge in [0.05, 0.1) is 17.8 Å². The Kier molecular flexibility index (Phi) is 2.27. The first-order chi connectivity index (χ1) is 6.70. The van der Waals surface area contributed by atoms with Gasteiger partial charge in [0, 0.05) is 5.69 Å². The minimum absolute atomic E-state index is 0.117. The molecule has 1 saturated carbocycles. The predicted molar refractivity (Wildman–Crippen MR) is 55.5 cm³/mol. The number of hydrogen-bond donors (Lipinski definition) is 2. The van der Waals surface area contributed by atoms with Crippen molar-refractivity contribution in [3.8, 4) is 0 Å². The van der Waals surface area contributed by atoms with E-state index in [9.17, 15) is 0 Å². The molecule has 2 rings (SSSR count). The molecule has 1 aliphatic rings. The fraction of sp³-hybridized carbons (Fsp3) is 0.600. The van der Waals surface area contributed by atoms with Crippen LogP contribution >= 0.6 is 0 Å². The summed E-state index contributed by atoms with van der Waals surface area (Å²) in [4.78, 5) is 0. The van der Waals surface area contributed by atoms with E-state index in [1.165, 1.54) is 25.7 Å². The smallest absolute Gasteiger partial charge is 0.126 e. The number of hydrogen-bond acceptors (Lipinski definition) is 2. The first-order valence-electron chi connectivity index (χ1n) is 5.08. The summed E-state index contributed by atoms with van der Waals surface area (Å²) < 4.78 is 2.03. The SMILES string of the molecule is Cc1c(C(=N)N)cnn1C1CCCC1. The highest BCUT2D eigenvalue weighted by Crippen LogP contribution is 2.30. The molecule has 0 saturated heterocycles. The predicted octanol–water partition coefficient (Wildman–Crippen LogP) is 1.59. The molecule has 0 unspecified atom stereocenters. The van der Waals surface area contributed by atoms with Gasteiger partial charge in [-0.05, 0) is 19.8 Å². The molecule has 0 spiro atoms. The lowest BCUT2D eigenvalue weighted by atomic mass is 10.2. The van der Waals surface area contributed by atoms with E-state index in [1.807, 2.05) is 11.6 Å². The summed E-state index contributed by atoms with van der Waals surface area (Å²) in [5.74, 6) is 0.117. The highest BCUT2D eigenvalue weighted by Gasteiger charge is 2.20. The van der Waals surface area contributed by atoms with Crippen molar-refractivity contribution in [2.45, 2.75) is 38.6 Å². The zero-order valence-electron chi connectivity index (χ0n) is 8.45. The minimum Gasteiger partial charge on any atom is -0.384 e. The lowest BCUT2D eigenvalue weighted by molar-refractivity contribution is 0.456. The van der Waals surface area contributed by atoms with Gasteiger partial charge < -0.3 is 5.73 Å². The maximum Gasteiger partial charge on any atom is 0.126 e. The average molecular weight is 192 g/mol. The summed E-state index contributed by atoms with van der Waals surface area (Å²) in [6.07, 6.45) is 6.70. The topological polar surface area (TPSA) is 67.7 Å². The molecule has 1 fully saturated rings. The Labute approximate surface area is 83.6 Å². The van der Waals surface area contributed by atoms with Crippen molar-refractivity contribution in [1.82, 2.24) is 9.78 Å². The molecule has 4 heteroatoms. The Balaban J connectivity index is 2.30. The van der Waals surface area contributed by atoms with Gasteiger partial charge in [-0.15, -0.1) is 0 Å². The number of nitrogen functional groups attached to an aromatic ring is 1. The number of rotatable bonds is 2. The van der Waals surface area contributed by atoms with Crippen LogP contribution in [0.1, 0.15) is 43.0 Å². The van der Waals surface area contributed by atoms with E-state index in [2.05, 4.69) is 5.10 Å². The van der Waals surface area contributed by atoms with Gasteiger partial charge in [-0.3, -0.25) is 10.1 Å². The van der Waals surface area contributed by atoms with Crippen LogP contribution in [0, 0.1) is 12.3 Å². The zero-order chi connectivity index (χ0) is 10.1. The normalized spacial score (nSPS) is 17.5. The standard InChI is InChI=1S/C10H16N4/c1-7-9(10(11)12)6-13-14(7)8-4-2-3-5-8/h6,8H,2-5H2,1H3,(H3,11,12). The molecule has 3 N–H and O–H groups in total. The van der Waals surface area contributed by atoms with E-state index in [1.54, 1.807) is 6.20 Å². The second-order valence-electron chi connectivity index (χ2n) is 3.94. The molecule has 76 valence electrons. The molecule has 0 bridgehead atoms. The highest BCUT2D eigenvalue weighted by molar-refractivity contribution is 5.95. The molecule has 0 atom stereocenters. The van der Waals surface area contributed by atoms with Gasteiger partial charge in [0.2, 0.25) is 0 Å². The van der Waals surface area contributed by atoms with Crippen molar-refractivity contribution < 1.29 is 0 Å². The third-order valence-electron chi connectivity index (χ3n) is 3.01. The first-order valence-corrected chi connectivity index (χ1v) is 5.08. The van der Waals surface area contributed by atoms with Gasteiger partial charge >= 0.3 is 0 Å². The summed E-state index contributed by atoms with van der Waals surface area (Å²) in [6, 6.07) is 0.531. The van der Waals surface area contributed by atoms with E-state index in [0.717, 1.165) is 11.3 Å². The Morgan fingerprint density at radius 2 is 2.21 bits per heavy atom. The van der Waals surface area contributed by atoms with Crippen molar-refractivity contribution in [3.05, 3.63) is 17.5 Å². The van der Waals surface area contributed by atoms with E-state index < -0.39 is 0 Å². The van der Waals surface area contributed by atoms with Gasteiger partial charge in [0.25, 0.3) is 0 Å². The zero-order valence-corrected chi connectivity index (χ0v) is 8.45. The lowest BCUT2D eigenvalue weighted by Crippen LogP contribution is -2.14. The van der Waals surface area contributed by atoms with Crippen molar-refractivity contribution >= 4 is 5.84 Å². The summed E-state index contributed by atoms with van der Waals surface area (Å²) in [5, 5.41) is 11.7. The molecular weight excluding hydrogens is 176 g/mol. The van der Waals surface area contributed by atoms with Gasteiger partial charge in [0.1, 0.15) is 5.84 Å². The van der Waals surface area contributed by atoms with E-state index in [-0.39, 0.29) is 5.84 Å². The maximum absolute atomic E-state index is 7.38. The Hall–Kier alpha value is -1.32. The molecule has 0 aliphatic heterocycles. The van der Waals surface area contributed by atoms with Crippen LogP contribution in [0.25, 0.3) is 0 Å². The fourth-order valence-electron chi connectivity index (χ4n) is 2.20. The third-order valence-corrected chi connectivity index (χ3v) is 3.01. The average Bonchev–Trinajstić information content (AvgIpc) is 2.71. The second kappa shape index (κ2) is 3.44. The van der Waals surface area contributed by atoms with Crippen molar-refractivity contribution in [2.75, 3.05) is 0 Å². The van der Waals surface area contributed by atoms with Gasteiger partial charge in [-0.1, -0.05) is 12.8 Å². The van der Waals surface area contributed by atoms with Crippen molar-refractivity contribution in [1.29, 1.82) is 5.41 Å². The van der Waals surface area contributed by atoms with Gasteiger partial charge in [0.15, 0.2) is 0 Å².